The van der Waals surface area contributed by atoms with Crippen LogP contribution in [0.4, 0.5) is 0 Å². The highest BCUT2D eigenvalue weighted by Gasteiger charge is 2.10. The summed E-state index contributed by atoms with van der Waals surface area (Å²) in [4.78, 5) is 22.8. The number of aromatic amines is 1. The minimum atomic E-state index is -0.540. The fourth-order valence-corrected chi connectivity index (χ4v) is 3.09. The Bertz CT molecular complexity index is 1250. The van der Waals surface area contributed by atoms with Gasteiger partial charge in [0.05, 0.1) is 11.6 Å². The maximum absolute atomic E-state index is 11.0. The van der Waals surface area contributed by atoms with E-state index in [2.05, 4.69) is 21.0 Å². The highest BCUT2D eigenvalue weighted by atomic mass is 16.1. The summed E-state index contributed by atoms with van der Waals surface area (Å²) in [5, 5.41) is 10.3. The van der Waals surface area contributed by atoms with Crippen molar-refractivity contribution < 1.29 is 4.79 Å². The molecule has 0 aliphatic heterocycles. The summed E-state index contributed by atoms with van der Waals surface area (Å²) in [5.41, 5.74) is 10.9. The van der Waals surface area contributed by atoms with Crippen molar-refractivity contribution in [3.05, 3.63) is 78.4 Å². The molecule has 28 heavy (non-hydrogen) atoms. The lowest BCUT2D eigenvalue weighted by Gasteiger charge is -2.06. The second kappa shape index (κ2) is 7.17. The highest BCUT2D eigenvalue weighted by molar-refractivity contribution is 5.96. The second-order valence-corrected chi connectivity index (χ2v) is 6.25. The lowest BCUT2D eigenvalue weighted by Crippen LogP contribution is -2.05. The molecule has 3 N–H and O–H groups in total. The van der Waals surface area contributed by atoms with Crippen molar-refractivity contribution in [3.63, 3.8) is 0 Å². The van der Waals surface area contributed by atoms with Crippen molar-refractivity contribution in [2.45, 2.75) is 0 Å². The number of nitriles is 1. The maximum atomic E-state index is 11.0. The SMILES string of the molecule is N#Cc1cc(C=CC(N)=O)cc(-c2cnc3[nH]cc(-c4ccncc4)c3c2)c1. The first kappa shape index (κ1) is 17.2. The zero-order valence-electron chi connectivity index (χ0n) is 14.8. The van der Waals surface area contributed by atoms with E-state index in [-0.39, 0.29) is 0 Å². The van der Waals surface area contributed by atoms with Gasteiger partial charge in [-0.05, 0) is 59.2 Å². The second-order valence-electron chi connectivity index (χ2n) is 6.25. The average molecular weight is 365 g/mol. The Morgan fingerprint density at radius 3 is 2.68 bits per heavy atom. The van der Waals surface area contributed by atoms with Crippen LogP contribution in [-0.4, -0.2) is 20.9 Å². The van der Waals surface area contributed by atoms with Gasteiger partial charge in [0.15, 0.2) is 0 Å². The van der Waals surface area contributed by atoms with E-state index in [1.165, 1.54) is 6.08 Å². The van der Waals surface area contributed by atoms with E-state index in [9.17, 15) is 10.1 Å². The third-order valence-corrected chi connectivity index (χ3v) is 4.38. The van der Waals surface area contributed by atoms with E-state index in [1.807, 2.05) is 30.5 Å². The molecule has 0 spiro atoms. The molecule has 6 nitrogen and oxygen atoms in total. The van der Waals surface area contributed by atoms with Crippen LogP contribution in [0.5, 0.6) is 0 Å². The molecule has 3 aromatic heterocycles. The van der Waals surface area contributed by atoms with E-state index in [0.717, 1.165) is 38.9 Å². The van der Waals surface area contributed by atoms with Gasteiger partial charge in [-0.3, -0.25) is 9.78 Å². The maximum Gasteiger partial charge on any atom is 0.241 e. The molecule has 0 radical (unpaired) electrons. The van der Waals surface area contributed by atoms with Crippen molar-refractivity contribution in [2.24, 2.45) is 5.73 Å². The number of hydrogen-bond donors (Lipinski definition) is 2. The summed E-state index contributed by atoms with van der Waals surface area (Å²) in [5.74, 6) is -0.540. The lowest BCUT2D eigenvalue weighted by molar-refractivity contribution is -0.113. The number of benzene rings is 1. The third kappa shape index (κ3) is 3.37. The number of nitrogens with zero attached hydrogens (tertiary/aromatic N) is 3. The quantitative estimate of drug-likeness (QED) is 0.538. The minimum absolute atomic E-state index is 0.491. The number of carbonyl (C=O) groups excluding carboxylic acids is 1. The zero-order valence-corrected chi connectivity index (χ0v) is 14.8. The Balaban J connectivity index is 1.84. The molecule has 134 valence electrons. The topological polar surface area (TPSA) is 108 Å². The van der Waals surface area contributed by atoms with E-state index >= 15 is 0 Å². The molecule has 6 heteroatoms. The fraction of sp³-hybridized carbons (Fsp3) is 0. The van der Waals surface area contributed by atoms with Crippen LogP contribution in [0.1, 0.15) is 11.1 Å². The van der Waals surface area contributed by atoms with Gasteiger partial charge >= 0.3 is 0 Å². The molecule has 0 saturated carbocycles. The molecule has 4 aromatic rings. The predicted molar refractivity (Wildman–Crippen MR) is 108 cm³/mol. The molecule has 0 fully saturated rings. The number of nitrogens with one attached hydrogen (secondary N) is 1. The van der Waals surface area contributed by atoms with Crippen LogP contribution in [0.15, 0.2) is 67.3 Å². The number of carbonyl (C=O) groups is 1. The molecular formula is C22H15N5O. The Morgan fingerprint density at radius 1 is 1.11 bits per heavy atom. The van der Waals surface area contributed by atoms with E-state index in [0.29, 0.717) is 5.56 Å². The first-order chi connectivity index (χ1) is 13.6. The number of aromatic nitrogens is 3. The molecule has 1 aromatic carbocycles. The van der Waals surface area contributed by atoms with Gasteiger partial charge in [-0.15, -0.1) is 0 Å². The van der Waals surface area contributed by atoms with Gasteiger partial charge < -0.3 is 10.7 Å². The van der Waals surface area contributed by atoms with Gasteiger partial charge in [0, 0.05) is 47.4 Å². The molecule has 0 saturated heterocycles. The number of amides is 1. The van der Waals surface area contributed by atoms with E-state index < -0.39 is 5.91 Å². The normalized spacial score (nSPS) is 11.0. The summed E-state index contributed by atoms with van der Waals surface area (Å²) in [6.45, 7) is 0. The number of fused-ring (bicyclic) bond motifs is 1. The van der Waals surface area contributed by atoms with Gasteiger partial charge in [-0.25, -0.2) is 4.98 Å². The molecule has 0 atom stereocenters. The summed E-state index contributed by atoms with van der Waals surface area (Å²) in [6.07, 6.45) is 10.0. The highest BCUT2D eigenvalue weighted by Crippen LogP contribution is 2.31. The smallest absolute Gasteiger partial charge is 0.241 e. The Kier molecular flexibility index (Phi) is 4.40. The Morgan fingerprint density at radius 2 is 1.93 bits per heavy atom. The van der Waals surface area contributed by atoms with E-state index in [1.54, 1.807) is 36.8 Å². The summed E-state index contributed by atoms with van der Waals surface area (Å²) in [6, 6.07) is 13.5. The number of nitrogens with two attached hydrogens (primary N) is 1. The zero-order chi connectivity index (χ0) is 19.5. The number of rotatable bonds is 4. The third-order valence-electron chi connectivity index (χ3n) is 4.38. The first-order valence-corrected chi connectivity index (χ1v) is 8.54. The number of hydrogen-bond acceptors (Lipinski definition) is 4. The minimum Gasteiger partial charge on any atom is -0.366 e. The van der Waals surface area contributed by atoms with Crippen molar-refractivity contribution in [1.29, 1.82) is 5.26 Å². The largest absolute Gasteiger partial charge is 0.366 e. The lowest BCUT2D eigenvalue weighted by atomic mass is 9.99. The van der Waals surface area contributed by atoms with Crippen molar-refractivity contribution >= 4 is 23.0 Å². The standard InChI is InChI=1S/C22H15N5O/c23-11-15-7-14(1-2-21(24)28)8-17(9-15)18-10-19-20(13-27-22(19)26-12-18)16-3-5-25-6-4-16/h1-10,12-13H,(H2,24,28)(H,26,27). The van der Waals surface area contributed by atoms with Crippen molar-refractivity contribution in [1.82, 2.24) is 15.0 Å². The van der Waals surface area contributed by atoms with Crippen molar-refractivity contribution in [3.8, 4) is 28.3 Å². The van der Waals surface area contributed by atoms with Crippen LogP contribution in [0.3, 0.4) is 0 Å². The van der Waals surface area contributed by atoms with Crippen LogP contribution in [-0.2, 0) is 4.79 Å². The summed E-state index contributed by atoms with van der Waals surface area (Å²) >= 11 is 0. The first-order valence-electron chi connectivity index (χ1n) is 8.54. The van der Waals surface area contributed by atoms with Gasteiger partial charge in [0.1, 0.15) is 5.65 Å². The van der Waals surface area contributed by atoms with Crippen molar-refractivity contribution in [2.75, 3.05) is 0 Å². The molecule has 0 unspecified atom stereocenters. The Hall–Kier alpha value is -4.24. The van der Waals surface area contributed by atoms with Gasteiger partial charge in [-0.2, -0.15) is 5.26 Å². The van der Waals surface area contributed by atoms with Gasteiger partial charge in [0.25, 0.3) is 0 Å². The molecule has 3 heterocycles. The molecular weight excluding hydrogens is 350 g/mol. The number of H-pyrrole nitrogens is 1. The molecule has 0 aliphatic rings. The molecule has 1 amide bonds. The summed E-state index contributed by atoms with van der Waals surface area (Å²) in [7, 11) is 0. The molecule has 4 rings (SSSR count). The van der Waals surface area contributed by atoms with Crippen LogP contribution in [0.2, 0.25) is 0 Å². The summed E-state index contributed by atoms with van der Waals surface area (Å²) < 4.78 is 0. The van der Waals surface area contributed by atoms with Crippen LogP contribution >= 0.6 is 0 Å². The van der Waals surface area contributed by atoms with Crippen LogP contribution in [0.25, 0.3) is 39.4 Å². The predicted octanol–water partition coefficient (Wildman–Crippen LogP) is 3.66. The monoisotopic (exact) mass is 365 g/mol. The van der Waals surface area contributed by atoms with Crippen LogP contribution in [0, 0.1) is 11.3 Å². The fourth-order valence-electron chi connectivity index (χ4n) is 3.09. The van der Waals surface area contributed by atoms with E-state index in [4.69, 9.17) is 5.73 Å². The Labute approximate surface area is 161 Å². The average Bonchev–Trinajstić information content (AvgIpc) is 3.16. The number of primary amides is 1. The van der Waals surface area contributed by atoms with Gasteiger partial charge in [0.2, 0.25) is 5.91 Å². The van der Waals surface area contributed by atoms with Gasteiger partial charge in [-0.1, -0.05) is 0 Å². The van der Waals surface area contributed by atoms with Crippen LogP contribution < -0.4 is 5.73 Å². The number of pyridine rings is 2. The molecule has 0 aliphatic carbocycles. The molecule has 0 bridgehead atoms.